The average Bonchev–Trinajstić information content (AvgIpc) is 2.55. The number of hydrogen-bond acceptors (Lipinski definition) is 6. The number of aromatic nitrogens is 3. The van der Waals surface area contributed by atoms with Gasteiger partial charge >= 0.3 is 0 Å². The van der Waals surface area contributed by atoms with E-state index in [1.165, 1.54) is 12.1 Å². The van der Waals surface area contributed by atoms with Crippen molar-refractivity contribution in [2.75, 3.05) is 5.32 Å². The van der Waals surface area contributed by atoms with Gasteiger partial charge in [0.1, 0.15) is 0 Å². The van der Waals surface area contributed by atoms with Crippen LogP contribution in [0.4, 0.5) is 17.3 Å². The summed E-state index contributed by atoms with van der Waals surface area (Å²) in [5.41, 5.74) is 2.96. The molecule has 0 bridgehead atoms. The van der Waals surface area contributed by atoms with Gasteiger partial charge in [-0.3, -0.25) is 15.1 Å². The molecule has 0 spiro atoms. The van der Waals surface area contributed by atoms with E-state index in [-0.39, 0.29) is 5.69 Å². The first-order valence-corrected chi connectivity index (χ1v) is 6.88. The molecule has 1 N–H and O–H groups in total. The minimum absolute atomic E-state index is 0.0240. The second-order valence-corrected chi connectivity index (χ2v) is 4.95. The number of rotatable bonds is 4. The molecule has 0 saturated heterocycles. The van der Waals surface area contributed by atoms with Gasteiger partial charge in [-0.15, -0.1) is 0 Å². The summed E-state index contributed by atoms with van der Waals surface area (Å²) >= 11 is 0. The molecule has 2 heterocycles. The van der Waals surface area contributed by atoms with Crippen molar-refractivity contribution in [1.82, 2.24) is 15.0 Å². The summed E-state index contributed by atoms with van der Waals surface area (Å²) in [5.74, 6) is 0.367. The SMILES string of the molecule is Cc1cc(Nc2nccc(-c3cccnc3)n2)cc([N+](=O)[O-])c1. The maximum Gasteiger partial charge on any atom is 0.271 e. The zero-order valence-corrected chi connectivity index (χ0v) is 12.3. The van der Waals surface area contributed by atoms with Crippen LogP contribution in [0.1, 0.15) is 5.56 Å². The van der Waals surface area contributed by atoms with Crippen LogP contribution >= 0.6 is 0 Å². The van der Waals surface area contributed by atoms with Crippen LogP contribution in [-0.4, -0.2) is 19.9 Å². The molecule has 0 fully saturated rings. The molecule has 3 aromatic rings. The van der Waals surface area contributed by atoms with Crippen LogP contribution in [0.2, 0.25) is 0 Å². The molecular weight excluding hydrogens is 294 g/mol. The van der Waals surface area contributed by atoms with Crippen LogP contribution in [0.15, 0.2) is 55.0 Å². The zero-order valence-electron chi connectivity index (χ0n) is 12.3. The van der Waals surface area contributed by atoms with E-state index < -0.39 is 4.92 Å². The lowest BCUT2D eigenvalue weighted by Gasteiger charge is -2.07. The van der Waals surface area contributed by atoms with Crippen molar-refractivity contribution in [3.8, 4) is 11.3 Å². The van der Waals surface area contributed by atoms with Gasteiger partial charge in [0.05, 0.1) is 10.6 Å². The first kappa shape index (κ1) is 14.6. The van der Waals surface area contributed by atoms with Gasteiger partial charge < -0.3 is 5.32 Å². The van der Waals surface area contributed by atoms with Gasteiger partial charge in [-0.25, -0.2) is 9.97 Å². The highest BCUT2D eigenvalue weighted by atomic mass is 16.6. The molecule has 114 valence electrons. The third kappa shape index (κ3) is 3.46. The van der Waals surface area contributed by atoms with E-state index >= 15 is 0 Å². The second kappa shape index (κ2) is 6.18. The average molecular weight is 307 g/mol. The molecule has 23 heavy (non-hydrogen) atoms. The van der Waals surface area contributed by atoms with Crippen molar-refractivity contribution in [1.29, 1.82) is 0 Å². The van der Waals surface area contributed by atoms with Gasteiger partial charge in [-0.2, -0.15) is 0 Å². The van der Waals surface area contributed by atoms with Gasteiger partial charge in [-0.1, -0.05) is 0 Å². The number of nitrogens with one attached hydrogen (secondary N) is 1. The van der Waals surface area contributed by atoms with Crippen LogP contribution in [0.3, 0.4) is 0 Å². The number of hydrogen-bond donors (Lipinski definition) is 1. The van der Waals surface area contributed by atoms with Gasteiger partial charge in [0, 0.05) is 42.0 Å². The van der Waals surface area contributed by atoms with Crippen molar-refractivity contribution in [2.24, 2.45) is 0 Å². The maximum atomic E-state index is 10.9. The lowest BCUT2D eigenvalue weighted by atomic mass is 10.2. The highest BCUT2D eigenvalue weighted by Gasteiger charge is 2.09. The quantitative estimate of drug-likeness (QED) is 0.585. The van der Waals surface area contributed by atoms with E-state index in [4.69, 9.17) is 0 Å². The largest absolute Gasteiger partial charge is 0.324 e. The van der Waals surface area contributed by atoms with Crippen LogP contribution in [0.5, 0.6) is 0 Å². The molecule has 2 aromatic heterocycles. The number of benzene rings is 1. The lowest BCUT2D eigenvalue weighted by molar-refractivity contribution is -0.384. The number of non-ortho nitro benzene ring substituents is 1. The highest BCUT2D eigenvalue weighted by Crippen LogP contribution is 2.23. The number of aryl methyl sites for hydroxylation is 1. The number of pyridine rings is 1. The summed E-state index contributed by atoms with van der Waals surface area (Å²) < 4.78 is 0. The number of nitro benzene ring substituents is 1. The van der Waals surface area contributed by atoms with E-state index in [0.29, 0.717) is 11.6 Å². The minimum Gasteiger partial charge on any atom is -0.324 e. The molecule has 0 saturated carbocycles. The van der Waals surface area contributed by atoms with E-state index in [1.807, 2.05) is 12.1 Å². The summed E-state index contributed by atoms with van der Waals surface area (Å²) in [7, 11) is 0. The third-order valence-corrected chi connectivity index (χ3v) is 3.14. The standard InChI is InChI=1S/C16H13N5O2/c1-11-7-13(9-14(8-11)21(22)23)19-16-18-6-4-15(20-16)12-3-2-5-17-10-12/h2-10H,1H3,(H,18,19,20). The Bertz CT molecular complexity index is 852. The summed E-state index contributed by atoms with van der Waals surface area (Å²) in [6, 6.07) is 10.3. The monoisotopic (exact) mass is 307 g/mol. The molecule has 0 unspecified atom stereocenters. The fraction of sp³-hybridized carbons (Fsp3) is 0.0625. The summed E-state index contributed by atoms with van der Waals surface area (Å²) in [5, 5.41) is 13.9. The van der Waals surface area contributed by atoms with Gasteiger partial charge in [0.25, 0.3) is 5.69 Å². The highest BCUT2D eigenvalue weighted by molar-refractivity contribution is 5.63. The Morgan fingerprint density at radius 1 is 1.17 bits per heavy atom. The fourth-order valence-corrected chi connectivity index (χ4v) is 2.16. The number of anilines is 2. The van der Waals surface area contributed by atoms with Crippen LogP contribution in [0.25, 0.3) is 11.3 Å². The number of nitrogens with zero attached hydrogens (tertiary/aromatic N) is 4. The molecular formula is C16H13N5O2. The Morgan fingerprint density at radius 2 is 2.04 bits per heavy atom. The van der Waals surface area contributed by atoms with Gasteiger partial charge in [0.15, 0.2) is 0 Å². The Labute approximate surface area is 132 Å². The van der Waals surface area contributed by atoms with Crippen molar-refractivity contribution < 1.29 is 4.92 Å². The Hall–Kier alpha value is -3.35. The van der Waals surface area contributed by atoms with Crippen molar-refractivity contribution in [2.45, 2.75) is 6.92 Å². The molecule has 0 aliphatic heterocycles. The molecule has 0 atom stereocenters. The predicted octanol–water partition coefficient (Wildman–Crippen LogP) is 3.50. The Balaban J connectivity index is 1.91. The summed E-state index contributed by atoms with van der Waals surface area (Å²) in [6.45, 7) is 1.80. The minimum atomic E-state index is -0.425. The van der Waals surface area contributed by atoms with Crippen LogP contribution in [-0.2, 0) is 0 Å². The van der Waals surface area contributed by atoms with E-state index in [1.54, 1.807) is 37.6 Å². The molecule has 3 rings (SSSR count). The normalized spacial score (nSPS) is 10.3. The topological polar surface area (TPSA) is 93.8 Å². The molecule has 7 nitrogen and oxygen atoms in total. The maximum absolute atomic E-state index is 10.9. The molecule has 0 amide bonds. The zero-order chi connectivity index (χ0) is 16.2. The predicted molar refractivity (Wildman–Crippen MR) is 86.4 cm³/mol. The van der Waals surface area contributed by atoms with Crippen LogP contribution in [0, 0.1) is 17.0 Å². The van der Waals surface area contributed by atoms with E-state index in [0.717, 1.165) is 16.8 Å². The summed E-state index contributed by atoms with van der Waals surface area (Å²) in [6.07, 6.45) is 5.03. The van der Waals surface area contributed by atoms with Crippen molar-refractivity contribution in [3.05, 3.63) is 70.7 Å². The van der Waals surface area contributed by atoms with Crippen molar-refractivity contribution >= 4 is 17.3 Å². The molecule has 0 radical (unpaired) electrons. The second-order valence-electron chi connectivity index (χ2n) is 4.95. The lowest BCUT2D eigenvalue weighted by Crippen LogP contribution is -1.99. The third-order valence-electron chi connectivity index (χ3n) is 3.14. The molecule has 0 aliphatic carbocycles. The van der Waals surface area contributed by atoms with E-state index in [2.05, 4.69) is 20.3 Å². The summed E-state index contributed by atoms with van der Waals surface area (Å²) in [4.78, 5) is 23.1. The van der Waals surface area contributed by atoms with E-state index in [9.17, 15) is 10.1 Å². The first-order valence-electron chi connectivity index (χ1n) is 6.88. The Kier molecular flexibility index (Phi) is 3.92. The van der Waals surface area contributed by atoms with Gasteiger partial charge in [-0.05, 0) is 36.8 Å². The van der Waals surface area contributed by atoms with Gasteiger partial charge in [0.2, 0.25) is 5.95 Å². The Morgan fingerprint density at radius 3 is 2.78 bits per heavy atom. The van der Waals surface area contributed by atoms with Crippen LogP contribution < -0.4 is 5.32 Å². The molecule has 1 aromatic carbocycles. The number of nitro groups is 1. The smallest absolute Gasteiger partial charge is 0.271 e. The fourth-order valence-electron chi connectivity index (χ4n) is 2.16. The first-order chi connectivity index (χ1) is 11.1. The molecule has 7 heteroatoms. The molecule has 0 aliphatic rings. The van der Waals surface area contributed by atoms with Crippen molar-refractivity contribution in [3.63, 3.8) is 0 Å².